The summed E-state index contributed by atoms with van der Waals surface area (Å²) < 4.78 is 5.65. The summed E-state index contributed by atoms with van der Waals surface area (Å²) in [4.78, 5) is 10.8. The van der Waals surface area contributed by atoms with Gasteiger partial charge in [0.25, 0.3) is 0 Å². The summed E-state index contributed by atoms with van der Waals surface area (Å²) in [6, 6.07) is 11.8. The molecule has 1 N–H and O–H groups in total. The van der Waals surface area contributed by atoms with Crippen molar-refractivity contribution in [3.8, 4) is 11.5 Å². The fraction of sp³-hybridized carbons (Fsp3) is 0.0714. The highest BCUT2D eigenvalue weighted by Crippen LogP contribution is 2.27. The van der Waals surface area contributed by atoms with Crippen molar-refractivity contribution in [3.63, 3.8) is 0 Å². The van der Waals surface area contributed by atoms with Crippen LogP contribution in [0.15, 0.2) is 42.5 Å². The predicted molar refractivity (Wildman–Crippen MR) is 69.7 cm³/mol. The number of carbonyl (C=O) groups is 1. The van der Waals surface area contributed by atoms with E-state index in [2.05, 4.69) is 0 Å². The van der Waals surface area contributed by atoms with E-state index in [0.29, 0.717) is 16.5 Å². The molecule has 0 fully saturated rings. The van der Waals surface area contributed by atoms with Gasteiger partial charge in [-0.2, -0.15) is 0 Å². The predicted octanol–water partition coefficient (Wildman–Crippen LogP) is 4.14. The Morgan fingerprint density at radius 2 is 2.00 bits per heavy atom. The van der Waals surface area contributed by atoms with Gasteiger partial charge >= 0.3 is 5.97 Å². The fourth-order valence-corrected chi connectivity index (χ4v) is 1.73. The zero-order valence-corrected chi connectivity index (χ0v) is 10.4. The van der Waals surface area contributed by atoms with Crippen molar-refractivity contribution in [1.29, 1.82) is 0 Å². The van der Waals surface area contributed by atoms with Crippen LogP contribution in [0.4, 0.5) is 0 Å². The first-order chi connectivity index (χ1) is 8.56. The number of rotatable bonds is 3. The van der Waals surface area contributed by atoms with Gasteiger partial charge in [0.05, 0.1) is 5.56 Å². The van der Waals surface area contributed by atoms with Gasteiger partial charge in [-0.1, -0.05) is 17.7 Å². The molecule has 3 nitrogen and oxygen atoms in total. The van der Waals surface area contributed by atoms with Crippen LogP contribution in [0.25, 0.3) is 0 Å². The number of carboxylic acid groups (broad SMARTS) is 1. The van der Waals surface area contributed by atoms with Crippen LogP contribution in [0.2, 0.25) is 5.02 Å². The quantitative estimate of drug-likeness (QED) is 0.904. The van der Waals surface area contributed by atoms with Crippen molar-refractivity contribution in [2.24, 2.45) is 0 Å². The number of halogens is 1. The Kier molecular flexibility index (Phi) is 3.53. The molecule has 0 saturated heterocycles. The van der Waals surface area contributed by atoms with Crippen molar-refractivity contribution in [2.45, 2.75) is 6.92 Å². The normalized spacial score (nSPS) is 10.1. The van der Waals surface area contributed by atoms with E-state index in [9.17, 15) is 4.79 Å². The average Bonchev–Trinajstić information content (AvgIpc) is 2.31. The van der Waals surface area contributed by atoms with Gasteiger partial charge in [-0.15, -0.1) is 0 Å². The van der Waals surface area contributed by atoms with Crippen LogP contribution in [0, 0.1) is 6.92 Å². The Labute approximate surface area is 110 Å². The monoisotopic (exact) mass is 262 g/mol. The smallest absolute Gasteiger partial charge is 0.335 e. The molecule has 0 aliphatic rings. The van der Waals surface area contributed by atoms with Gasteiger partial charge in [-0.25, -0.2) is 4.79 Å². The molecule has 0 atom stereocenters. The molecule has 2 aromatic carbocycles. The first-order valence-electron chi connectivity index (χ1n) is 5.33. The van der Waals surface area contributed by atoms with Gasteiger partial charge in [-0.3, -0.25) is 0 Å². The molecule has 4 heteroatoms. The lowest BCUT2D eigenvalue weighted by molar-refractivity contribution is 0.0697. The zero-order valence-electron chi connectivity index (χ0n) is 9.68. The standard InChI is InChI=1S/C14H11ClO3/c1-9-7-10(14(16)17)5-6-13(9)18-12-4-2-3-11(15)8-12/h2-8H,1H3,(H,16,17). The van der Waals surface area contributed by atoms with Crippen LogP contribution in [0.1, 0.15) is 15.9 Å². The van der Waals surface area contributed by atoms with Crippen molar-refractivity contribution in [3.05, 3.63) is 58.6 Å². The highest BCUT2D eigenvalue weighted by Gasteiger charge is 2.07. The lowest BCUT2D eigenvalue weighted by Gasteiger charge is -2.09. The van der Waals surface area contributed by atoms with E-state index in [1.807, 2.05) is 0 Å². The van der Waals surface area contributed by atoms with Gasteiger partial charge in [-0.05, 0) is 48.9 Å². The first kappa shape index (κ1) is 12.5. The molecule has 2 rings (SSSR count). The van der Waals surface area contributed by atoms with E-state index in [4.69, 9.17) is 21.4 Å². The third kappa shape index (κ3) is 2.81. The zero-order chi connectivity index (χ0) is 13.1. The van der Waals surface area contributed by atoms with E-state index in [-0.39, 0.29) is 5.56 Å². The van der Waals surface area contributed by atoms with Crippen LogP contribution < -0.4 is 4.74 Å². The molecule has 2 aromatic rings. The largest absolute Gasteiger partial charge is 0.478 e. The number of hydrogen-bond acceptors (Lipinski definition) is 2. The molecule has 0 heterocycles. The Hall–Kier alpha value is -2.00. The SMILES string of the molecule is Cc1cc(C(=O)O)ccc1Oc1cccc(Cl)c1. The highest BCUT2D eigenvalue weighted by atomic mass is 35.5. The highest BCUT2D eigenvalue weighted by molar-refractivity contribution is 6.30. The third-order valence-electron chi connectivity index (χ3n) is 2.45. The van der Waals surface area contributed by atoms with E-state index in [1.165, 1.54) is 6.07 Å². The Bertz CT molecular complexity index is 593. The number of hydrogen-bond donors (Lipinski definition) is 1. The number of aromatic carboxylic acids is 1. The topological polar surface area (TPSA) is 46.5 Å². The summed E-state index contributed by atoms with van der Waals surface area (Å²) in [7, 11) is 0. The maximum absolute atomic E-state index is 10.8. The lowest BCUT2D eigenvalue weighted by Crippen LogP contribution is -1.97. The Morgan fingerprint density at radius 3 is 2.61 bits per heavy atom. The molecule has 18 heavy (non-hydrogen) atoms. The Balaban J connectivity index is 2.27. The number of aryl methyl sites for hydroxylation is 1. The molecule has 92 valence electrons. The summed E-state index contributed by atoms with van der Waals surface area (Å²) in [5.41, 5.74) is 1.00. The van der Waals surface area contributed by atoms with Crippen molar-refractivity contribution in [2.75, 3.05) is 0 Å². The minimum absolute atomic E-state index is 0.242. The van der Waals surface area contributed by atoms with E-state index >= 15 is 0 Å². The molecular weight excluding hydrogens is 252 g/mol. The molecule has 0 aliphatic carbocycles. The minimum atomic E-state index is -0.951. The van der Waals surface area contributed by atoms with Crippen LogP contribution in [-0.2, 0) is 0 Å². The summed E-state index contributed by atoms with van der Waals surface area (Å²) in [5.74, 6) is 0.281. The molecule has 0 amide bonds. The number of benzene rings is 2. The number of ether oxygens (including phenoxy) is 1. The molecular formula is C14H11ClO3. The molecule has 0 aromatic heterocycles. The maximum atomic E-state index is 10.8. The van der Waals surface area contributed by atoms with Crippen molar-refractivity contribution < 1.29 is 14.6 Å². The van der Waals surface area contributed by atoms with E-state index in [0.717, 1.165) is 5.56 Å². The van der Waals surface area contributed by atoms with Crippen LogP contribution in [-0.4, -0.2) is 11.1 Å². The molecule has 0 unspecified atom stereocenters. The average molecular weight is 263 g/mol. The Morgan fingerprint density at radius 1 is 1.22 bits per heavy atom. The summed E-state index contributed by atoms with van der Waals surface area (Å²) in [5, 5.41) is 9.46. The molecule has 0 bridgehead atoms. The van der Waals surface area contributed by atoms with Gasteiger partial charge in [0.1, 0.15) is 11.5 Å². The van der Waals surface area contributed by atoms with Crippen molar-refractivity contribution in [1.82, 2.24) is 0 Å². The van der Waals surface area contributed by atoms with E-state index < -0.39 is 5.97 Å². The van der Waals surface area contributed by atoms with Gasteiger partial charge < -0.3 is 9.84 Å². The minimum Gasteiger partial charge on any atom is -0.478 e. The van der Waals surface area contributed by atoms with Gasteiger partial charge in [0.2, 0.25) is 0 Å². The molecule has 0 radical (unpaired) electrons. The molecule has 0 aliphatic heterocycles. The molecule has 0 spiro atoms. The van der Waals surface area contributed by atoms with Gasteiger partial charge in [0, 0.05) is 5.02 Å². The van der Waals surface area contributed by atoms with Gasteiger partial charge in [0.15, 0.2) is 0 Å². The van der Waals surface area contributed by atoms with E-state index in [1.54, 1.807) is 43.3 Å². The maximum Gasteiger partial charge on any atom is 0.335 e. The second kappa shape index (κ2) is 5.10. The first-order valence-corrected chi connectivity index (χ1v) is 5.71. The second-order valence-corrected chi connectivity index (χ2v) is 4.28. The fourth-order valence-electron chi connectivity index (χ4n) is 1.55. The summed E-state index contributed by atoms with van der Waals surface area (Å²) in [6.07, 6.45) is 0. The molecule has 0 saturated carbocycles. The summed E-state index contributed by atoms with van der Waals surface area (Å²) in [6.45, 7) is 1.80. The lowest BCUT2D eigenvalue weighted by atomic mass is 10.1. The van der Waals surface area contributed by atoms with Crippen LogP contribution >= 0.6 is 11.6 Å². The second-order valence-electron chi connectivity index (χ2n) is 3.84. The van der Waals surface area contributed by atoms with Crippen molar-refractivity contribution >= 4 is 17.6 Å². The summed E-state index contributed by atoms with van der Waals surface area (Å²) >= 11 is 5.86. The third-order valence-corrected chi connectivity index (χ3v) is 2.68. The van der Waals surface area contributed by atoms with Crippen LogP contribution in [0.5, 0.6) is 11.5 Å². The number of carboxylic acids is 1. The van der Waals surface area contributed by atoms with Crippen LogP contribution in [0.3, 0.4) is 0 Å².